The molecule has 2 aromatic carbocycles. The van der Waals surface area contributed by atoms with Crippen LogP contribution >= 0.6 is 0 Å². The zero-order valence-electron chi connectivity index (χ0n) is 12.6. The lowest BCUT2D eigenvalue weighted by Gasteiger charge is -2.24. The van der Waals surface area contributed by atoms with Crippen LogP contribution in [0.15, 0.2) is 53.4 Å². The zero-order valence-corrected chi connectivity index (χ0v) is 13.4. The number of rotatable bonds is 3. The summed E-state index contributed by atoms with van der Waals surface area (Å²) in [6, 6.07) is 12.7. The van der Waals surface area contributed by atoms with E-state index in [-0.39, 0.29) is 23.4 Å². The Morgan fingerprint density at radius 3 is 2.67 bits per heavy atom. The number of β-amino-alcohol motifs (C(OH)–C–C–N with tert-alkyl or cyclic N) is 1. The Bertz CT molecular complexity index is 908. The van der Waals surface area contributed by atoms with E-state index in [9.17, 15) is 17.9 Å². The Labute approximate surface area is 139 Å². The molecule has 124 valence electrons. The summed E-state index contributed by atoms with van der Waals surface area (Å²) < 4.78 is 40.5. The molecule has 0 saturated carbocycles. The molecule has 7 heteroatoms. The largest absolute Gasteiger partial charge is 0.392 e. The summed E-state index contributed by atoms with van der Waals surface area (Å²) in [6.07, 6.45) is -0.632. The van der Waals surface area contributed by atoms with Crippen molar-refractivity contribution in [2.24, 2.45) is 0 Å². The van der Waals surface area contributed by atoms with E-state index in [1.807, 2.05) is 6.07 Å². The van der Waals surface area contributed by atoms with Crippen LogP contribution in [-0.2, 0) is 10.0 Å². The van der Waals surface area contributed by atoms with Gasteiger partial charge in [-0.2, -0.15) is 9.57 Å². The summed E-state index contributed by atoms with van der Waals surface area (Å²) in [4.78, 5) is -0.0166. The predicted molar refractivity (Wildman–Crippen MR) is 84.8 cm³/mol. The summed E-state index contributed by atoms with van der Waals surface area (Å²) in [5, 5.41) is 18.9. The van der Waals surface area contributed by atoms with Gasteiger partial charge >= 0.3 is 0 Å². The van der Waals surface area contributed by atoms with Crippen molar-refractivity contribution in [1.29, 1.82) is 5.26 Å². The molecule has 1 heterocycles. The number of sulfonamides is 1. The van der Waals surface area contributed by atoms with Crippen LogP contribution in [0.2, 0.25) is 0 Å². The lowest BCUT2D eigenvalue weighted by molar-refractivity contribution is 0.188. The predicted octanol–water partition coefficient (Wildman–Crippen LogP) is 2.19. The molecule has 1 N–H and O–H groups in total. The Morgan fingerprint density at radius 1 is 1.21 bits per heavy atom. The number of hydrogen-bond donors (Lipinski definition) is 1. The second-order valence-electron chi connectivity index (χ2n) is 5.67. The van der Waals surface area contributed by atoms with Crippen molar-refractivity contribution in [2.75, 3.05) is 6.54 Å². The molecule has 0 aromatic heterocycles. The Morgan fingerprint density at radius 2 is 1.96 bits per heavy atom. The summed E-state index contributed by atoms with van der Waals surface area (Å²) >= 11 is 0. The van der Waals surface area contributed by atoms with E-state index < -0.39 is 28.0 Å². The van der Waals surface area contributed by atoms with Crippen LogP contribution < -0.4 is 0 Å². The molecule has 0 unspecified atom stereocenters. The lowest BCUT2D eigenvalue weighted by atomic mass is 10.0. The van der Waals surface area contributed by atoms with E-state index in [1.54, 1.807) is 6.07 Å². The maximum Gasteiger partial charge on any atom is 0.243 e. The fourth-order valence-electron chi connectivity index (χ4n) is 2.93. The van der Waals surface area contributed by atoms with Crippen molar-refractivity contribution in [3.63, 3.8) is 0 Å². The van der Waals surface area contributed by atoms with E-state index >= 15 is 0 Å². The van der Waals surface area contributed by atoms with Crippen LogP contribution in [0.5, 0.6) is 0 Å². The van der Waals surface area contributed by atoms with Crippen LogP contribution in [0.3, 0.4) is 0 Å². The summed E-state index contributed by atoms with van der Waals surface area (Å²) in [7, 11) is -3.91. The molecule has 0 spiro atoms. The molecular formula is C17H15FN2O3S. The first-order valence-corrected chi connectivity index (χ1v) is 8.81. The molecule has 0 amide bonds. The van der Waals surface area contributed by atoms with Gasteiger partial charge in [0.1, 0.15) is 5.82 Å². The van der Waals surface area contributed by atoms with Crippen molar-refractivity contribution < 1.29 is 17.9 Å². The van der Waals surface area contributed by atoms with Gasteiger partial charge in [-0.25, -0.2) is 12.8 Å². The maximum atomic E-state index is 13.5. The minimum atomic E-state index is -3.91. The monoisotopic (exact) mass is 346 g/mol. The molecular weight excluding hydrogens is 331 g/mol. The number of aliphatic hydroxyl groups is 1. The molecule has 1 aliphatic heterocycles. The summed E-state index contributed by atoms with van der Waals surface area (Å²) in [5.41, 5.74) is 0.727. The topological polar surface area (TPSA) is 81.4 Å². The van der Waals surface area contributed by atoms with Gasteiger partial charge in [-0.1, -0.05) is 18.2 Å². The molecule has 3 rings (SSSR count). The molecule has 0 bridgehead atoms. The third-order valence-electron chi connectivity index (χ3n) is 4.04. The number of hydrogen-bond acceptors (Lipinski definition) is 4. The number of benzene rings is 2. The van der Waals surface area contributed by atoms with Gasteiger partial charge in [0.15, 0.2) is 0 Å². The van der Waals surface area contributed by atoms with E-state index in [0.29, 0.717) is 5.56 Å². The maximum absolute atomic E-state index is 13.5. The third-order valence-corrected chi connectivity index (χ3v) is 5.91. The van der Waals surface area contributed by atoms with Crippen LogP contribution in [0.25, 0.3) is 0 Å². The quantitative estimate of drug-likeness (QED) is 0.924. The average Bonchev–Trinajstić information content (AvgIpc) is 2.98. The lowest BCUT2D eigenvalue weighted by Crippen LogP contribution is -2.32. The molecule has 1 fully saturated rings. The Kier molecular flexibility index (Phi) is 4.37. The van der Waals surface area contributed by atoms with Crippen molar-refractivity contribution in [2.45, 2.75) is 23.5 Å². The first-order valence-electron chi connectivity index (χ1n) is 7.37. The highest BCUT2D eigenvalue weighted by molar-refractivity contribution is 7.89. The minimum Gasteiger partial charge on any atom is -0.392 e. The first kappa shape index (κ1) is 16.6. The number of nitrogens with zero attached hydrogens (tertiary/aromatic N) is 2. The van der Waals surface area contributed by atoms with Crippen molar-refractivity contribution in [3.05, 3.63) is 65.5 Å². The minimum absolute atomic E-state index is 0.0166. The number of aliphatic hydroxyl groups excluding tert-OH is 1. The first-order chi connectivity index (χ1) is 11.4. The van der Waals surface area contributed by atoms with Gasteiger partial charge < -0.3 is 5.11 Å². The van der Waals surface area contributed by atoms with E-state index in [0.717, 1.165) is 0 Å². The fourth-order valence-corrected chi connectivity index (χ4v) is 4.64. The van der Waals surface area contributed by atoms with E-state index in [1.165, 1.54) is 46.8 Å². The molecule has 24 heavy (non-hydrogen) atoms. The van der Waals surface area contributed by atoms with Crippen molar-refractivity contribution in [1.82, 2.24) is 4.31 Å². The number of nitriles is 1. The second kappa shape index (κ2) is 6.32. The van der Waals surface area contributed by atoms with Gasteiger partial charge in [0, 0.05) is 6.54 Å². The van der Waals surface area contributed by atoms with Crippen molar-refractivity contribution in [3.8, 4) is 6.07 Å². The smallest absolute Gasteiger partial charge is 0.243 e. The SMILES string of the molecule is N#Cc1cccc(S(=O)(=O)N2C[C@@H](O)C[C@@H]2c2cccc(F)c2)c1. The normalized spacial score (nSPS) is 21.5. The van der Waals surface area contributed by atoms with Gasteiger partial charge in [-0.15, -0.1) is 0 Å². The zero-order chi connectivity index (χ0) is 17.3. The fraction of sp³-hybridized carbons (Fsp3) is 0.235. The molecule has 0 aliphatic carbocycles. The summed E-state index contributed by atoms with van der Waals surface area (Å²) in [6.45, 7) is -0.0692. The Balaban J connectivity index is 2.03. The van der Waals surface area contributed by atoms with Gasteiger partial charge in [0.2, 0.25) is 10.0 Å². The number of halogens is 1. The molecule has 0 radical (unpaired) electrons. The molecule has 2 aromatic rings. The highest BCUT2D eigenvalue weighted by atomic mass is 32.2. The van der Waals surface area contributed by atoms with Gasteiger partial charge in [-0.3, -0.25) is 0 Å². The van der Waals surface area contributed by atoms with Crippen LogP contribution in [-0.4, -0.2) is 30.5 Å². The Hall–Kier alpha value is -2.27. The standard InChI is InChI=1S/C17H15FN2O3S/c18-14-5-2-4-13(8-14)17-9-15(21)11-20(17)24(22,23)16-6-1-3-12(7-16)10-19/h1-8,15,17,21H,9,11H2/t15-,17+/m0/s1. The molecule has 5 nitrogen and oxygen atoms in total. The van der Waals surface area contributed by atoms with Crippen LogP contribution in [0, 0.1) is 17.1 Å². The van der Waals surface area contributed by atoms with Crippen molar-refractivity contribution >= 4 is 10.0 Å². The third kappa shape index (κ3) is 3.04. The molecule has 2 atom stereocenters. The van der Waals surface area contributed by atoms with E-state index in [2.05, 4.69) is 0 Å². The second-order valence-corrected chi connectivity index (χ2v) is 7.57. The highest BCUT2D eigenvalue weighted by Crippen LogP contribution is 2.37. The average molecular weight is 346 g/mol. The summed E-state index contributed by atoms with van der Waals surface area (Å²) in [5.74, 6) is -0.460. The van der Waals surface area contributed by atoms with Gasteiger partial charge in [0.05, 0.1) is 28.7 Å². The van der Waals surface area contributed by atoms with Gasteiger partial charge in [0.25, 0.3) is 0 Å². The highest BCUT2D eigenvalue weighted by Gasteiger charge is 2.40. The van der Waals surface area contributed by atoms with Crippen LogP contribution in [0.4, 0.5) is 4.39 Å². The van der Waals surface area contributed by atoms with E-state index in [4.69, 9.17) is 5.26 Å². The molecule has 1 aliphatic rings. The van der Waals surface area contributed by atoms with Gasteiger partial charge in [-0.05, 0) is 42.3 Å². The van der Waals surface area contributed by atoms with Crippen LogP contribution in [0.1, 0.15) is 23.6 Å². The molecule has 1 saturated heterocycles.